The molecule has 0 nitrogen and oxygen atoms in total. The van der Waals surface area contributed by atoms with Crippen LogP contribution in [0, 0.1) is 0 Å². The van der Waals surface area contributed by atoms with Crippen molar-refractivity contribution in [2.24, 2.45) is 0 Å². The Hall–Kier alpha value is 0.240. The molecule has 0 spiro atoms. The summed E-state index contributed by atoms with van der Waals surface area (Å²) < 4.78 is 76.6. The van der Waals surface area contributed by atoms with Crippen molar-refractivity contribution in [3.05, 3.63) is 0 Å². The smallest absolute Gasteiger partial charge is 0.203 e. The fourth-order valence-corrected chi connectivity index (χ4v) is 0.124. The molecular weight excluding hydrogens is 296 g/mol. The maximum atomic E-state index is 11.2. The van der Waals surface area contributed by atoms with Crippen LogP contribution in [0.3, 0.4) is 0 Å². The number of alkyl halides is 7. The summed E-state index contributed by atoms with van der Waals surface area (Å²) in [7, 11) is 0. The Morgan fingerprint density at radius 1 is 0.818 bits per heavy atom. The highest BCUT2D eigenvalue weighted by atomic mass is 127. The Balaban J connectivity index is 0. The number of halogens is 8. The first kappa shape index (κ1) is 13.8. The largest absolute Gasteiger partial charge is 0.459 e. The Bertz CT molecular complexity index is 115. The van der Waals surface area contributed by atoms with Gasteiger partial charge in [-0.25, -0.2) is 8.78 Å². The van der Waals surface area contributed by atoms with Crippen LogP contribution >= 0.6 is 24.0 Å². The van der Waals surface area contributed by atoms with E-state index < -0.39 is 18.5 Å². The Labute approximate surface area is 73.8 Å². The first-order chi connectivity index (χ1) is 4.19. The number of rotatable bonds is 1. The molecule has 8 heteroatoms. The van der Waals surface area contributed by atoms with E-state index in [1.165, 1.54) is 0 Å². The molecule has 0 aromatic heterocycles. The van der Waals surface area contributed by atoms with Gasteiger partial charge >= 0.3 is 18.5 Å². The van der Waals surface area contributed by atoms with E-state index in [1.807, 2.05) is 0 Å². The van der Waals surface area contributed by atoms with E-state index in [4.69, 9.17) is 0 Å². The van der Waals surface area contributed by atoms with E-state index in [0.29, 0.717) is 0 Å². The first-order valence-electron chi connectivity index (χ1n) is 1.92. The van der Waals surface area contributed by atoms with E-state index in [1.54, 1.807) is 0 Å². The highest BCUT2D eigenvalue weighted by molar-refractivity contribution is 14.0. The first-order valence-corrected chi connectivity index (χ1v) is 1.92. The molecule has 0 aromatic carbocycles. The lowest BCUT2D eigenvalue weighted by Crippen LogP contribution is -2.42. The summed E-state index contributed by atoms with van der Waals surface area (Å²) in [6.45, 7) is 0. The monoisotopic (exact) mass is 298 g/mol. The number of hydrogen-bond donors (Lipinski definition) is 0. The average molecular weight is 298 g/mol. The normalized spacial score (nSPS) is 13.1. The lowest BCUT2D eigenvalue weighted by atomic mass is 10.3. The highest BCUT2D eigenvalue weighted by Crippen LogP contribution is 2.39. The van der Waals surface area contributed by atoms with Crippen LogP contribution in [0.1, 0.15) is 0 Å². The van der Waals surface area contributed by atoms with E-state index in [-0.39, 0.29) is 24.0 Å². The molecule has 11 heavy (non-hydrogen) atoms. The topological polar surface area (TPSA) is 0 Å². The van der Waals surface area contributed by atoms with Crippen molar-refractivity contribution < 1.29 is 30.7 Å². The van der Waals surface area contributed by atoms with Gasteiger partial charge in [0.25, 0.3) is 0 Å². The van der Waals surface area contributed by atoms with Gasteiger partial charge < -0.3 is 0 Å². The van der Waals surface area contributed by atoms with E-state index >= 15 is 0 Å². The van der Waals surface area contributed by atoms with Crippen LogP contribution in [-0.4, -0.2) is 18.5 Å². The predicted molar refractivity (Wildman–Crippen MR) is 32.4 cm³/mol. The maximum Gasteiger partial charge on any atom is 0.459 e. The van der Waals surface area contributed by atoms with Gasteiger partial charge in [0.2, 0.25) is 0 Å². The molecule has 0 rings (SSSR count). The van der Waals surface area contributed by atoms with Gasteiger partial charge in [-0.1, -0.05) is 0 Å². The van der Waals surface area contributed by atoms with Crippen LogP contribution in [0.15, 0.2) is 0 Å². The second kappa shape index (κ2) is 3.76. The molecule has 0 atom stereocenters. The minimum absolute atomic E-state index is 0. The molecule has 0 heterocycles. The molecule has 0 saturated carbocycles. The van der Waals surface area contributed by atoms with E-state index in [2.05, 4.69) is 0 Å². The van der Waals surface area contributed by atoms with Crippen molar-refractivity contribution in [3.8, 4) is 0 Å². The van der Waals surface area contributed by atoms with Crippen molar-refractivity contribution >= 4 is 24.0 Å². The Morgan fingerprint density at radius 3 is 1.09 bits per heavy atom. The molecule has 0 aliphatic heterocycles. The average Bonchev–Trinajstić information content (AvgIpc) is 1.62. The summed E-state index contributed by atoms with van der Waals surface area (Å²) in [5, 5.41) is 0. The third kappa shape index (κ3) is 2.99. The quantitative estimate of drug-likeness (QED) is 0.515. The van der Waals surface area contributed by atoms with Crippen molar-refractivity contribution in [3.63, 3.8) is 0 Å². The van der Waals surface area contributed by atoms with Crippen LogP contribution in [0.2, 0.25) is 0 Å². The lowest BCUT2D eigenvalue weighted by molar-refractivity contribution is -0.320. The van der Waals surface area contributed by atoms with Gasteiger partial charge in [-0.05, 0) is 0 Å². The van der Waals surface area contributed by atoms with Crippen LogP contribution in [0.4, 0.5) is 30.7 Å². The molecule has 70 valence electrons. The molecular formula is C3H2F7I. The van der Waals surface area contributed by atoms with Gasteiger partial charge in [0, 0.05) is 0 Å². The Kier molecular flexibility index (Phi) is 4.72. The maximum absolute atomic E-state index is 11.2. The van der Waals surface area contributed by atoms with Gasteiger partial charge in [0.05, 0.1) is 0 Å². The summed E-state index contributed by atoms with van der Waals surface area (Å²) in [4.78, 5) is 0. The third-order valence-electron chi connectivity index (χ3n) is 0.652. The van der Waals surface area contributed by atoms with Gasteiger partial charge in [-0.15, -0.1) is 24.0 Å². The fraction of sp³-hybridized carbons (Fsp3) is 1.00. The minimum atomic E-state index is -6.17. The van der Waals surface area contributed by atoms with Crippen LogP contribution in [0.25, 0.3) is 0 Å². The molecule has 0 saturated heterocycles. The molecule has 0 aliphatic carbocycles. The fourth-order valence-electron chi connectivity index (χ4n) is 0.124. The van der Waals surface area contributed by atoms with E-state index in [0.717, 1.165) is 0 Å². The molecule has 0 bridgehead atoms. The second-order valence-corrected chi connectivity index (χ2v) is 1.42. The zero-order valence-electron chi connectivity index (χ0n) is 4.63. The molecule has 0 amide bonds. The lowest BCUT2D eigenvalue weighted by Gasteiger charge is -2.17. The van der Waals surface area contributed by atoms with Crippen LogP contribution < -0.4 is 0 Å². The second-order valence-electron chi connectivity index (χ2n) is 1.42. The van der Waals surface area contributed by atoms with Gasteiger partial charge in [-0.3, -0.25) is 0 Å². The zero-order chi connectivity index (χ0) is 8.58. The van der Waals surface area contributed by atoms with Crippen LogP contribution in [-0.2, 0) is 0 Å². The van der Waals surface area contributed by atoms with Gasteiger partial charge in [0.1, 0.15) is 0 Å². The van der Waals surface area contributed by atoms with Gasteiger partial charge in [-0.2, -0.15) is 22.0 Å². The molecule has 0 unspecified atom stereocenters. The van der Waals surface area contributed by atoms with Crippen molar-refractivity contribution in [2.45, 2.75) is 18.5 Å². The van der Waals surface area contributed by atoms with Crippen molar-refractivity contribution in [1.29, 1.82) is 0 Å². The van der Waals surface area contributed by atoms with Gasteiger partial charge in [0.15, 0.2) is 0 Å². The number of hydrogen-bond acceptors (Lipinski definition) is 0. The molecule has 0 N–H and O–H groups in total. The Morgan fingerprint density at radius 2 is 1.09 bits per heavy atom. The summed E-state index contributed by atoms with van der Waals surface area (Å²) in [6.07, 6.45) is -10.9. The summed E-state index contributed by atoms with van der Waals surface area (Å²) in [6, 6.07) is 0. The standard InChI is InChI=1S/C3HF7.HI/c4-1(5)2(6,7)3(8,9)10;/h1H;1H. The molecule has 0 fully saturated rings. The highest BCUT2D eigenvalue weighted by Gasteiger charge is 2.64. The molecule has 0 aliphatic rings. The van der Waals surface area contributed by atoms with Crippen LogP contribution in [0.5, 0.6) is 0 Å². The minimum Gasteiger partial charge on any atom is -0.203 e. The summed E-state index contributed by atoms with van der Waals surface area (Å²) in [5.41, 5.74) is 0. The predicted octanol–water partition coefficient (Wildman–Crippen LogP) is 3.07. The molecule has 0 aromatic rings. The summed E-state index contributed by atoms with van der Waals surface area (Å²) in [5.74, 6) is -5.90. The van der Waals surface area contributed by atoms with Crippen molar-refractivity contribution in [2.75, 3.05) is 0 Å². The summed E-state index contributed by atoms with van der Waals surface area (Å²) >= 11 is 0. The van der Waals surface area contributed by atoms with E-state index in [9.17, 15) is 30.7 Å². The molecule has 0 radical (unpaired) electrons. The SMILES string of the molecule is FC(F)C(F)(F)C(F)(F)F.I. The third-order valence-corrected chi connectivity index (χ3v) is 0.652. The zero-order valence-corrected chi connectivity index (χ0v) is 6.96. The van der Waals surface area contributed by atoms with Crippen molar-refractivity contribution in [1.82, 2.24) is 0 Å².